The second-order valence-electron chi connectivity index (χ2n) is 3.88. The lowest BCUT2D eigenvalue weighted by molar-refractivity contribution is 0.368. The minimum atomic E-state index is -0.0331. The molecule has 2 heteroatoms. The first-order valence-corrected chi connectivity index (χ1v) is 3.94. The lowest BCUT2D eigenvalue weighted by Gasteiger charge is -2.22. The van der Waals surface area contributed by atoms with Crippen molar-refractivity contribution in [2.75, 3.05) is 6.54 Å². The van der Waals surface area contributed by atoms with Gasteiger partial charge in [0.05, 0.1) is 0 Å². The standard InChI is InChI=1S/C8H20N2/c1-7(4-5-9)6-8(2,3)10/h7H,4-6,9-10H2,1-3H3. The van der Waals surface area contributed by atoms with Crippen molar-refractivity contribution in [2.45, 2.75) is 39.2 Å². The maximum absolute atomic E-state index is 5.83. The smallest absolute Gasteiger partial charge is 0.00995 e. The molecule has 1 unspecified atom stereocenters. The molecular weight excluding hydrogens is 124 g/mol. The predicted octanol–water partition coefficient (Wildman–Crippen LogP) is 1.10. The van der Waals surface area contributed by atoms with Gasteiger partial charge in [-0.3, -0.25) is 0 Å². The van der Waals surface area contributed by atoms with E-state index in [9.17, 15) is 0 Å². The van der Waals surface area contributed by atoms with E-state index < -0.39 is 0 Å². The van der Waals surface area contributed by atoms with Crippen LogP contribution in [0.3, 0.4) is 0 Å². The van der Waals surface area contributed by atoms with Gasteiger partial charge in [0, 0.05) is 5.54 Å². The Balaban J connectivity index is 3.47. The third kappa shape index (κ3) is 6.05. The van der Waals surface area contributed by atoms with E-state index in [0.717, 1.165) is 19.4 Å². The third-order valence-electron chi connectivity index (χ3n) is 1.53. The van der Waals surface area contributed by atoms with E-state index >= 15 is 0 Å². The van der Waals surface area contributed by atoms with Crippen LogP contribution in [0, 0.1) is 5.92 Å². The third-order valence-corrected chi connectivity index (χ3v) is 1.53. The van der Waals surface area contributed by atoms with Gasteiger partial charge < -0.3 is 11.5 Å². The Hall–Kier alpha value is -0.0800. The summed E-state index contributed by atoms with van der Waals surface area (Å²) >= 11 is 0. The minimum absolute atomic E-state index is 0.0331. The van der Waals surface area contributed by atoms with Crippen LogP contribution in [0.1, 0.15) is 33.6 Å². The van der Waals surface area contributed by atoms with Crippen molar-refractivity contribution in [1.82, 2.24) is 0 Å². The van der Waals surface area contributed by atoms with Crippen molar-refractivity contribution in [2.24, 2.45) is 17.4 Å². The van der Waals surface area contributed by atoms with Crippen molar-refractivity contribution in [3.63, 3.8) is 0 Å². The average molecular weight is 144 g/mol. The second kappa shape index (κ2) is 3.94. The van der Waals surface area contributed by atoms with Crippen LogP contribution in [-0.2, 0) is 0 Å². The molecule has 0 aliphatic carbocycles. The largest absolute Gasteiger partial charge is 0.330 e. The molecule has 0 spiro atoms. The number of hydrogen-bond donors (Lipinski definition) is 2. The van der Waals surface area contributed by atoms with Gasteiger partial charge >= 0.3 is 0 Å². The van der Waals surface area contributed by atoms with Crippen LogP contribution in [0.4, 0.5) is 0 Å². The zero-order chi connectivity index (χ0) is 8.20. The Morgan fingerprint density at radius 1 is 1.40 bits per heavy atom. The molecule has 1 atom stereocenters. The van der Waals surface area contributed by atoms with Gasteiger partial charge in [0.1, 0.15) is 0 Å². The molecule has 0 aliphatic rings. The summed E-state index contributed by atoms with van der Waals surface area (Å²) in [5.41, 5.74) is 11.2. The Morgan fingerprint density at radius 2 is 1.90 bits per heavy atom. The fourth-order valence-corrected chi connectivity index (χ4v) is 1.28. The van der Waals surface area contributed by atoms with Crippen molar-refractivity contribution in [1.29, 1.82) is 0 Å². The topological polar surface area (TPSA) is 52.0 Å². The molecule has 0 aromatic heterocycles. The van der Waals surface area contributed by atoms with Crippen molar-refractivity contribution < 1.29 is 0 Å². The molecule has 0 saturated heterocycles. The first kappa shape index (κ1) is 9.92. The Labute approximate surface area is 64.0 Å². The van der Waals surface area contributed by atoms with Crippen molar-refractivity contribution >= 4 is 0 Å². The van der Waals surface area contributed by atoms with E-state index in [0.29, 0.717) is 5.92 Å². The van der Waals surface area contributed by atoms with E-state index in [-0.39, 0.29) is 5.54 Å². The fraction of sp³-hybridized carbons (Fsp3) is 1.00. The van der Waals surface area contributed by atoms with Gasteiger partial charge in [-0.05, 0) is 39.2 Å². The maximum Gasteiger partial charge on any atom is 0.00995 e. The zero-order valence-corrected chi connectivity index (χ0v) is 7.35. The molecule has 0 heterocycles. The fourth-order valence-electron chi connectivity index (χ4n) is 1.28. The SMILES string of the molecule is CC(CCN)CC(C)(C)N. The zero-order valence-electron chi connectivity index (χ0n) is 7.35. The van der Waals surface area contributed by atoms with Crippen LogP contribution in [-0.4, -0.2) is 12.1 Å². The quantitative estimate of drug-likeness (QED) is 0.620. The summed E-state index contributed by atoms with van der Waals surface area (Å²) in [6.07, 6.45) is 2.14. The van der Waals surface area contributed by atoms with Crippen LogP contribution in [0.25, 0.3) is 0 Å². The van der Waals surface area contributed by atoms with Crippen LogP contribution in [0.5, 0.6) is 0 Å². The van der Waals surface area contributed by atoms with Gasteiger partial charge in [0.15, 0.2) is 0 Å². The lowest BCUT2D eigenvalue weighted by atomic mass is 9.91. The average Bonchev–Trinajstić information content (AvgIpc) is 1.59. The normalized spacial score (nSPS) is 15.3. The first-order valence-electron chi connectivity index (χ1n) is 3.94. The minimum Gasteiger partial charge on any atom is -0.330 e. The molecular formula is C8H20N2. The molecule has 0 aromatic rings. The summed E-state index contributed by atoms with van der Waals surface area (Å²) in [5.74, 6) is 0.657. The van der Waals surface area contributed by atoms with Gasteiger partial charge in [-0.15, -0.1) is 0 Å². The van der Waals surface area contributed by atoms with Crippen LogP contribution in [0.2, 0.25) is 0 Å². The Kier molecular flexibility index (Phi) is 3.91. The molecule has 0 aromatic carbocycles. The van der Waals surface area contributed by atoms with Gasteiger partial charge in [-0.25, -0.2) is 0 Å². The summed E-state index contributed by atoms with van der Waals surface area (Å²) in [5, 5.41) is 0. The van der Waals surface area contributed by atoms with Crippen LogP contribution < -0.4 is 11.5 Å². The molecule has 0 saturated carbocycles. The van der Waals surface area contributed by atoms with E-state index in [2.05, 4.69) is 20.8 Å². The van der Waals surface area contributed by atoms with Gasteiger partial charge in [0.25, 0.3) is 0 Å². The summed E-state index contributed by atoms with van der Waals surface area (Å²) in [6.45, 7) is 7.08. The molecule has 10 heavy (non-hydrogen) atoms. The van der Waals surface area contributed by atoms with Crippen molar-refractivity contribution in [3.8, 4) is 0 Å². The molecule has 62 valence electrons. The highest BCUT2D eigenvalue weighted by atomic mass is 14.7. The number of nitrogens with two attached hydrogens (primary N) is 2. The summed E-state index contributed by atoms with van der Waals surface area (Å²) in [4.78, 5) is 0. The summed E-state index contributed by atoms with van der Waals surface area (Å²) in [6, 6.07) is 0. The summed E-state index contributed by atoms with van der Waals surface area (Å²) in [7, 11) is 0. The molecule has 0 radical (unpaired) electrons. The van der Waals surface area contributed by atoms with E-state index in [1.54, 1.807) is 0 Å². The van der Waals surface area contributed by atoms with Crippen LogP contribution in [0.15, 0.2) is 0 Å². The highest BCUT2D eigenvalue weighted by molar-refractivity contribution is 4.74. The molecule has 0 amide bonds. The molecule has 0 fully saturated rings. The molecule has 0 bridgehead atoms. The Morgan fingerprint density at radius 3 is 2.20 bits per heavy atom. The second-order valence-corrected chi connectivity index (χ2v) is 3.88. The van der Waals surface area contributed by atoms with E-state index in [1.165, 1.54) is 0 Å². The number of rotatable bonds is 4. The molecule has 0 aliphatic heterocycles. The van der Waals surface area contributed by atoms with Crippen LogP contribution >= 0.6 is 0 Å². The predicted molar refractivity (Wildman–Crippen MR) is 45.7 cm³/mol. The highest BCUT2D eigenvalue weighted by Gasteiger charge is 2.14. The van der Waals surface area contributed by atoms with Gasteiger partial charge in [0.2, 0.25) is 0 Å². The monoisotopic (exact) mass is 144 g/mol. The van der Waals surface area contributed by atoms with E-state index in [1.807, 2.05) is 0 Å². The molecule has 4 N–H and O–H groups in total. The first-order chi connectivity index (χ1) is 4.45. The lowest BCUT2D eigenvalue weighted by Crippen LogP contribution is -2.34. The van der Waals surface area contributed by atoms with Gasteiger partial charge in [-0.1, -0.05) is 6.92 Å². The molecule has 2 nitrogen and oxygen atoms in total. The summed E-state index contributed by atoms with van der Waals surface area (Å²) < 4.78 is 0. The maximum atomic E-state index is 5.83. The van der Waals surface area contributed by atoms with E-state index in [4.69, 9.17) is 11.5 Å². The Bertz CT molecular complexity index is 83.7. The molecule has 0 rings (SSSR count). The highest BCUT2D eigenvalue weighted by Crippen LogP contribution is 2.15. The number of hydrogen-bond acceptors (Lipinski definition) is 2. The van der Waals surface area contributed by atoms with Gasteiger partial charge in [-0.2, -0.15) is 0 Å². The van der Waals surface area contributed by atoms with Crippen molar-refractivity contribution in [3.05, 3.63) is 0 Å².